The molecule has 1 heterocycles. The maximum atomic E-state index is 12.3. The smallest absolute Gasteiger partial charge is 0.223 e. The first-order valence-electron chi connectivity index (χ1n) is 6.75. The molecule has 1 aromatic heterocycles. The van der Waals surface area contributed by atoms with Crippen molar-refractivity contribution in [3.63, 3.8) is 0 Å². The average Bonchev–Trinajstić information content (AvgIpc) is 3.09. The fraction of sp³-hybridized carbons (Fsp3) is 0.0667. The summed E-state index contributed by atoms with van der Waals surface area (Å²) in [4.78, 5) is 4.10. The van der Waals surface area contributed by atoms with Gasteiger partial charge in [-0.2, -0.15) is 5.10 Å². The van der Waals surface area contributed by atoms with Gasteiger partial charge in [-0.25, -0.2) is 22.8 Å². The molecular weight excluding hydrogens is 336 g/mol. The van der Waals surface area contributed by atoms with Crippen molar-refractivity contribution >= 4 is 21.6 Å². The predicted octanol–water partition coefficient (Wildman–Crippen LogP) is 2.40. The summed E-state index contributed by atoms with van der Waals surface area (Å²) in [5, 5.41) is 4.51. The number of hydrogen-bond acceptors (Lipinski definition) is 4. The van der Waals surface area contributed by atoms with E-state index in [-0.39, 0.29) is 11.4 Å². The van der Waals surface area contributed by atoms with Crippen molar-refractivity contribution in [2.75, 3.05) is 0 Å². The first kappa shape index (κ1) is 15.7. The summed E-state index contributed by atoms with van der Waals surface area (Å²) in [5.41, 5.74) is 1.30. The Morgan fingerprint density at radius 3 is 2.57 bits per heavy atom. The molecule has 0 saturated heterocycles. The maximum absolute atomic E-state index is 12.3. The second kappa shape index (κ2) is 6.49. The van der Waals surface area contributed by atoms with Crippen LogP contribution in [0.1, 0.15) is 5.56 Å². The number of nitrogens with zero attached hydrogens (tertiary/aromatic N) is 3. The van der Waals surface area contributed by atoms with Crippen LogP contribution in [0, 0.1) is 0 Å². The number of nitrogens with one attached hydrogen (secondary N) is 1. The minimum Gasteiger partial charge on any atom is -0.223 e. The minimum absolute atomic E-state index is 0.0477. The van der Waals surface area contributed by atoms with Crippen LogP contribution < -0.4 is 4.72 Å². The highest BCUT2D eigenvalue weighted by molar-refractivity contribution is 7.89. The largest absolute Gasteiger partial charge is 0.240 e. The van der Waals surface area contributed by atoms with Gasteiger partial charge in [-0.3, -0.25) is 0 Å². The van der Waals surface area contributed by atoms with E-state index in [2.05, 4.69) is 14.8 Å². The van der Waals surface area contributed by atoms with Crippen LogP contribution in [0.3, 0.4) is 0 Å². The highest BCUT2D eigenvalue weighted by Gasteiger charge is 2.16. The third-order valence-corrected chi connectivity index (χ3v) is 5.02. The average molecular weight is 349 g/mol. The molecule has 3 aromatic rings. The van der Waals surface area contributed by atoms with Gasteiger partial charge in [0, 0.05) is 17.1 Å². The Morgan fingerprint density at radius 2 is 1.87 bits per heavy atom. The molecule has 1 N–H and O–H groups in total. The molecule has 0 bridgehead atoms. The molecule has 0 spiro atoms. The standard InChI is InChI=1S/C15H13ClN4O2S/c16-14-7-4-8-15(20-11-17-10-18-20)13(14)9-19-23(21,22)12-5-2-1-3-6-12/h1-8,10-11,19H,9H2. The second-order valence-electron chi connectivity index (χ2n) is 4.72. The number of rotatable bonds is 5. The Hall–Kier alpha value is -2.22. The van der Waals surface area contributed by atoms with Crippen molar-refractivity contribution in [3.05, 3.63) is 71.8 Å². The normalized spacial score (nSPS) is 11.5. The molecule has 6 nitrogen and oxygen atoms in total. The van der Waals surface area contributed by atoms with E-state index in [1.54, 1.807) is 36.4 Å². The number of aromatic nitrogens is 3. The summed E-state index contributed by atoms with van der Waals surface area (Å²) in [6.45, 7) is 0.0477. The van der Waals surface area contributed by atoms with Gasteiger partial charge in [0.1, 0.15) is 12.7 Å². The number of halogens is 1. The molecule has 0 fully saturated rings. The zero-order chi connectivity index (χ0) is 16.3. The quantitative estimate of drug-likeness (QED) is 0.768. The lowest BCUT2D eigenvalue weighted by Crippen LogP contribution is -2.24. The molecule has 3 rings (SSSR count). The van der Waals surface area contributed by atoms with E-state index in [1.807, 2.05) is 0 Å². The fourth-order valence-corrected chi connectivity index (χ4v) is 3.37. The molecule has 0 radical (unpaired) electrons. The van der Waals surface area contributed by atoms with Crippen LogP contribution in [0.15, 0.2) is 66.1 Å². The highest BCUT2D eigenvalue weighted by atomic mass is 35.5. The van der Waals surface area contributed by atoms with Crippen LogP contribution >= 0.6 is 11.6 Å². The monoisotopic (exact) mass is 348 g/mol. The molecule has 0 saturated carbocycles. The molecule has 0 aliphatic rings. The molecule has 0 amide bonds. The fourth-order valence-electron chi connectivity index (χ4n) is 2.12. The van der Waals surface area contributed by atoms with Gasteiger partial charge >= 0.3 is 0 Å². The Morgan fingerprint density at radius 1 is 1.09 bits per heavy atom. The van der Waals surface area contributed by atoms with Gasteiger partial charge in [-0.1, -0.05) is 35.9 Å². The predicted molar refractivity (Wildman–Crippen MR) is 86.8 cm³/mol. The van der Waals surface area contributed by atoms with Crippen molar-refractivity contribution in [2.24, 2.45) is 0 Å². The van der Waals surface area contributed by atoms with Gasteiger partial charge < -0.3 is 0 Å². The van der Waals surface area contributed by atoms with E-state index in [1.165, 1.54) is 29.5 Å². The van der Waals surface area contributed by atoms with Crippen molar-refractivity contribution in [2.45, 2.75) is 11.4 Å². The zero-order valence-electron chi connectivity index (χ0n) is 11.9. The summed E-state index contributed by atoms with van der Waals surface area (Å²) in [6, 6.07) is 13.4. The van der Waals surface area contributed by atoms with Crippen molar-refractivity contribution in [1.29, 1.82) is 0 Å². The molecule has 0 aliphatic carbocycles. The van der Waals surface area contributed by atoms with Gasteiger partial charge in [0.2, 0.25) is 10.0 Å². The van der Waals surface area contributed by atoms with E-state index in [9.17, 15) is 8.42 Å². The van der Waals surface area contributed by atoms with Gasteiger partial charge in [-0.05, 0) is 24.3 Å². The second-order valence-corrected chi connectivity index (χ2v) is 6.89. The number of hydrogen-bond donors (Lipinski definition) is 1. The SMILES string of the molecule is O=S(=O)(NCc1c(Cl)cccc1-n1cncn1)c1ccccc1. The van der Waals surface area contributed by atoms with Crippen molar-refractivity contribution in [3.8, 4) is 5.69 Å². The lowest BCUT2D eigenvalue weighted by Gasteiger charge is -2.12. The Balaban J connectivity index is 1.90. The zero-order valence-corrected chi connectivity index (χ0v) is 13.5. The van der Waals surface area contributed by atoms with E-state index >= 15 is 0 Å². The lowest BCUT2D eigenvalue weighted by molar-refractivity contribution is 0.581. The Bertz CT molecular complexity index is 896. The summed E-state index contributed by atoms with van der Waals surface area (Å²) < 4.78 is 28.8. The summed E-state index contributed by atoms with van der Waals surface area (Å²) in [5.74, 6) is 0. The van der Waals surface area contributed by atoms with Gasteiger partial charge in [0.05, 0.1) is 10.6 Å². The van der Waals surface area contributed by atoms with Crippen molar-refractivity contribution in [1.82, 2.24) is 19.5 Å². The minimum atomic E-state index is -3.61. The molecular formula is C15H13ClN4O2S. The summed E-state index contributed by atoms with van der Waals surface area (Å²) >= 11 is 6.22. The van der Waals surface area contributed by atoms with E-state index in [0.717, 1.165) is 0 Å². The summed E-state index contributed by atoms with van der Waals surface area (Å²) in [7, 11) is -3.61. The third-order valence-electron chi connectivity index (χ3n) is 3.25. The van der Waals surface area contributed by atoms with E-state index < -0.39 is 10.0 Å². The van der Waals surface area contributed by atoms with Crippen LogP contribution in [-0.4, -0.2) is 23.2 Å². The van der Waals surface area contributed by atoms with Crippen LogP contribution in [-0.2, 0) is 16.6 Å². The first-order valence-corrected chi connectivity index (χ1v) is 8.61. The first-order chi connectivity index (χ1) is 11.1. The third kappa shape index (κ3) is 3.42. The highest BCUT2D eigenvalue weighted by Crippen LogP contribution is 2.23. The van der Waals surface area contributed by atoms with Crippen molar-refractivity contribution < 1.29 is 8.42 Å². The molecule has 0 unspecified atom stereocenters. The van der Waals surface area contributed by atoms with Gasteiger partial charge in [0.25, 0.3) is 0 Å². The van der Waals surface area contributed by atoms with Crippen LogP contribution in [0.5, 0.6) is 0 Å². The maximum Gasteiger partial charge on any atom is 0.240 e. The molecule has 8 heteroatoms. The molecule has 2 aromatic carbocycles. The van der Waals surface area contributed by atoms with E-state index in [0.29, 0.717) is 16.3 Å². The molecule has 0 aliphatic heterocycles. The number of sulfonamides is 1. The molecule has 0 atom stereocenters. The van der Waals surface area contributed by atoms with Crippen LogP contribution in [0.25, 0.3) is 5.69 Å². The van der Waals surface area contributed by atoms with E-state index in [4.69, 9.17) is 11.6 Å². The Labute approximate surface area is 138 Å². The Kier molecular flexibility index (Phi) is 4.42. The summed E-state index contributed by atoms with van der Waals surface area (Å²) in [6.07, 6.45) is 2.93. The molecule has 23 heavy (non-hydrogen) atoms. The van der Waals surface area contributed by atoms with Gasteiger partial charge in [-0.15, -0.1) is 0 Å². The topological polar surface area (TPSA) is 76.9 Å². The van der Waals surface area contributed by atoms with Gasteiger partial charge in [0.15, 0.2) is 0 Å². The molecule has 118 valence electrons. The lowest BCUT2D eigenvalue weighted by atomic mass is 10.2. The number of benzene rings is 2. The van der Waals surface area contributed by atoms with Crippen LogP contribution in [0.2, 0.25) is 5.02 Å². The van der Waals surface area contributed by atoms with Crippen LogP contribution in [0.4, 0.5) is 0 Å².